The van der Waals surface area contributed by atoms with E-state index in [-0.39, 0.29) is 5.91 Å². The van der Waals surface area contributed by atoms with Crippen molar-refractivity contribution < 1.29 is 4.79 Å². The highest BCUT2D eigenvalue weighted by atomic mass is 32.1. The van der Waals surface area contributed by atoms with Gasteiger partial charge in [-0.2, -0.15) is 0 Å². The third-order valence-electron chi connectivity index (χ3n) is 3.09. The minimum absolute atomic E-state index is 0.00385. The van der Waals surface area contributed by atoms with Gasteiger partial charge in [0.2, 0.25) is 0 Å². The molecular formula is C15H18N2OS. The molecule has 2 aromatic rings. The lowest BCUT2D eigenvalue weighted by atomic mass is 10.1. The van der Waals surface area contributed by atoms with Crippen molar-refractivity contribution in [2.75, 3.05) is 11.9 Å². The normalized spacial score (nSPS) is 10.5. The lowest BCUT2D eigenvalue weighted by molar-refractivity contribution is 0.0996. The van der Waals surface area contributed by atoms with Crippen LogP contribution >= 0.6 is 11.3 Å². The summed E-state index contributed by atoms with van der Waals surface area (Å²) in [5, 5.41) is 0.998. The number of anilines is 1. The highest BCUT2D eigenvalue weighted by Crippen LogP contribution is 2.23. The van der Waals surface area contributed by atoms with Gasteiger partial charge in [0.1, 0.15) is 4.88 Å². The van der Waals surface area contributed by atoms with E-state index in [9.17, 15) is 4.79 Å². The SMILES string of the molecule is CCc1ncc(C(=O)N(C)c2ccc(C)cc2C)s1. The lowest BCUT2D eigenvalue weighted by Gasteiger charge is -2.19. The second-order valence-corrected chi connectivity index (χ2v) is 5.74. The molecule has 0 aliphatic rings. The first-order valence-electron chi connectivity index (χ1n) is 6.33. The van der Waals surface area contributed by atoms with Gasteiger partial charge in [-0.05, 0) is 31.9 Å². The number of hydrogen-bond acceptors (Lipinski definition) is 3. The zero-order chi connectivity index (χ0) is 14.0. The Balaban J connectivity index is 2.27. The smallest absolute Gasteiger partial charge is 0.269 e. The van der Waals surface area contributed by atoms with Crippen LogP contribution in [0.2, 0.25) is 0 Å². The fourth-order valence-electron chi connectivity index (χ4n) is 2.03. The molecule has 19 heavy (non-hydrogen) atoms. The summed E-state index contributed by atoms with van der Waals surface area (Å²) < 4.78 is 0. The molecule has 0 bridgehead atoms. The van der Waals surface area contributed by atoms with Crippen LogP contribution in [0.4, 0.5) is 5.69 Å². The molecule has 0 spiro atoms. The monoisotopic (exact) mass is 274 g/mol. The molecule has 4 heteroatoms. The Hall–Kier alpha value is -1.68. The molecule has 0 N–H and O–H groups in total. The fraction of sp³-hybridized carbons (Fsp3) is 0.333. The highest BCUT2D eigenvalue weighted by molar-refractivity contribution is 7.13. The number of amides is 1. The van der Waals surface area contributed by atoms with Gasteiger partial charge in [0, 0.05) is 12.7 Å². The zero-order valence-electron chi connectivity index (χ0n) is 11.7. The van der Waals surface area contributed by atoms with Gasteiger partial charge in [0.15, 0.2) is 0 Å². The van der Waals surface area contributed by atoms with Gasteiger partial charge in [-0.3, -0.25) is 4.79 Å². The zero-order valence-corrected chi connectivity index (χ0v) is 12.5. The summed E-state index contributed by atoms with van der Waals surface area (Å²) in [5.74, 6) is 0.00385. The van der Waals surface area contributed by atoms with Crippen LogP contribution in [0, 0.1) is 13.8 Å². The summed E-state index contributed by atoms with van der Waals surface area (Å²) in [6, 6.07) is 6.10. The molecular weight excluding hydrogens is 256 g/mol. The first-order valence-corrected chi connectivity index (χ1v) is 7.14. The van der Waals surface area contributed by atoms with Gasteiger partial charge in [-0.15, -0.1) is 11.3 Å². The average Bonchev–Trinajstić information content (AvgIpc) is 2.86. The Morgan fingerprint density at radius 1 is 1.37 bits per heavy atom. The van der Waals surface area contributed by atoms with Crippen molar-refractivity contribution in [1.29, 1.82) is 0 Å². The van der Waals surface area contributed by atoms with E-state index in [0.29, 0.717) is 4.88 Å². The van der Waals surface area contributed by atoms with Crippen molar-refractivity contribution in [2.24, 2.45) is 0 Å². The van der Waals surface area contributed by atoms with Crippen molar-refractivity contribution in [1.82, 2.24) is 4.98 Å². The van der Waals surface area contributed by atoms with Crippen LogP contribution in [-0.4, -0.2) is 17.9 Å². The van der Waals surface area contributed by atoms with E-state index in [1.165, 1.54) is 16.9 Å². The predicted molar refractivity (Wildman–Crippen MR) is 80.1 cm³/mol. The molecule has 1 heterocycles. The van der Waals surface area contributed by atoms with E-state index in [4.69, 9.17) is 0 Å². The maximum Gasteiger partial charge on any atom is 0.269 e. The molecule has 3 nitrogen and oxygen atoms in total. The second-order valence-electron chi connectivity index (χ2n) is 4.63. The first kappa shape index (κ1) is 13.7. The molecule has 0 unspecified atom stereocenters. The maximum absolute atomic E-state index is 12.4. The van der Waals surface area contributed by atoms with Crippen LogP contribution < -0.4 is 4.90 Å². The Morgan fingerprint density at radius 2 is 2.11 bits per heavy atom. The van der Waals surface area contributed by atoms with Crippen molar-refractivity contribution >= 4 is 22.9 Å². The molecule has 0 fully saturated rings. The maximum atomic E-state index is 12.4. The molecule has 0 atom stereocenters. The van der Waals surface area contributed by atoms with Crippen LogP contribution in [0.15, 0.2) is 24.4 Å². The number of carbonyl (C=O) groups excluding carboxylic acids is 1. The molecule has 1 aromatic carbocycles. The summed E-state index contributed by atoms with van der Waals surface area (Å²) in [6.07, 6.45) is 2.54. The van der Waals surface area contributed by atoms with Crippen LogP contribution in [0.5, 0.6) is 0 Å². The van der Waals surface area contributed by atoms with Crippen LogP contribution in [0.3, 0.4) is 0 Å². The highest BCUT2D eigenvalue weighted by Gasteiger charge is 2.17. The molecule has 0 saturated heterocycles. The van der Waals surface area contributed by atoms with Gasteiger partial charge in [-0.1, -0.05) is 24.6 Å². The van der Waals surface area contributed by atoms with Crippen LogP contribution in [-0.2, 0) is 6.42 Å². The topological polar surface area (TPSA) is 33.2 Å². The Bertz CT molecular complexity index is 604. The van der Waals surface area contributed by atoms with Crippen LogP contribution in [0.25, 0.3) is 0 Å². The molecule has 1 amide bonds. The Kier molecular flexibility index (Phi) is 4.00. The van der Waals surface area contributed by atoms with Gasteiger partial charge in [-0.25, -0.2) is 4.98 Å². The van der Waals surface area contributed by atoms with E-state index in [1.807, 2.05) is 33.0 Å². The predicted octanol–water partition coefficient (Wildman–Crippen LogP) is 3.60. The van der Waals surface area contributed by atoms with Crippen molar-refractivity contribution in [2.45, 2.75) is 27.2 Å². The second kappa shape index (κ2) is 5.53. The lowest BCUT2D eigenvalue weighted by Crippen LogP contribution is -2.26. The van der Waals surface area contributed by atoms with Gasteiger partial charge in [0.05, 0.1) is 11.2 Å². The number of carbonyl (C=O) groups is 1. The molecule has 100 valence electrons. The third-order valence-corrected chi connectivity index (χ3v) is 4.21. The van der Waals surface area contributed by atoms with E-state index >= 15 is 0 Å². The van der Waals surface area contributed by atoms with Crippen LogP contribution in [0.1, 0.15) is 32.7 Å². The molecule has 2 rings (SSSR count). The van der Waals surface area contributed by atoms with Gasteiger partial charge in [0.25, 0.3) is 5.91 Å². The minimum Gasteiger partial charge on any atom is -0.310 e. The van der Waals surface area contributed by atoms with Crippen molar-refractivity contribution in [3.63, 3.8) is 0 Å². The number of aromatic nitrogens is 1. The number of benzene rings is 1. The van der Waals surface area contributed by atoms with E-state index < -0.39 is 0 Å². The average molecular weight is 274 g/mol. The molecule has 0 aliphatic heterocycles. The number of rotatable bonds is 3. The molecule has 0 aliphatic carbocycles. The largest absolute Gasteiger partial charge is 0.310 e. The van der Waals surface area contributed by atoms with E-state index in [0.717, 1.165) is 22.7 Å². The fourth-order valence-corrected chi connectivity index (χ4v) is 2.86. The quantitative estimate of drug-likeness (QED) is 0.856. The molecule has 1 aromatic heterocycles. The number of nitrogens with zero attached hydrogens (tertiary/aromatic N) is 2. The summed E-state index contributed by atoms with van der Waals surface area (Å²) >= 11 is 1.47. The molecule has 0 radical (unpaired) electrons. The summed E-state index contributed by atoms with van der Waals surface area (Å²) in [5.41, 5.74) is 3.26. The number of thiazole rings is 1. The third kappa shape index (κ3) is 2.84. The summed E-state index contributed by atoms with van der Waals surface area (Å²) in [6.45, 7) is 6.12. The number of aryl methyl sites for hydroxylation is 3. The van der Waals surface area contributed by atoms with Gasteiger partial charge >= 0.3 is 0 Å². The minimum atomic E-state index is 0.00385. The van der Waals surface area contributed by atoms with E-state index in [1.54, 1.807) is 11.1 Å². The Morgan fingerprint density at radius 3 is 2.68 bits per heavy atom. The first-order chi connectivity index (χ1) is 9.02. The summed E-state index contributed by atoms with van der Waals surface area (Å²) in [7, 11) is 1.81. The summed E-state index contributed by atoms with van der Waals surface area (Å²) in [4.78, 5) is 19.0. The van der Waals surface area contributed by atoms with E-state index in [2.05, 4.69) is 18.0 Å². The van der Waals surface area contributed by atoms with Crippen molar-refractivity contribution in [3.8, 4) is 0 Å². The standard InChI is InChI=1S/C15H18N2OS/c1-5-14-16-9-13(19-14)15(18)17(4)12-7-6-10(2)8-11(12)3/h6-9H,5H2,1-4H3. The Labute approximate surface area is 117 Å². The van der Waals surface area contributed by atoms with Crippen molar-refractivity contribution in [3.05, 3.63) is 45.4 Å². The molecule has 0 saturated carbocycles. The van der Waals surface area contributed by atoms with Gasteiger partial charge < -0.3 is 4.90 Å². The number of hydrogen-bond donors (Lipinski definition) is 0.